The van der Waals surface area contributed by atoms with Crippen LogP contribution in [0.1, 0.15) is 5.56 Å². The first-order valence-corrected chi connectivity index (χ1v) is 5.02. The first-order valence-electron chi connectivity index (χ1n) is 4.61. The predicted molar refractivity (Wildman–Crippen MR) is 67.1 cm³/mol. The van der Waals surface area contributed by atoms with Gasteiger partial charge in [-0.1, -0.05) is 0 Å². The molecule has 0 saturated carbocycles. The van der Waals surface area contributed by atoms with Crippen molar-refractivity contribution in [1.82, 2.24) is 5.43 Å². The van der Waals surface area contributed by atoms with Crippen LogP contribution >= 0.6 is 12.2 Å². The van der Waals surface area contributed by atoms with E-state index in [0.29, 0.717) is 5.75 Å². The summed E-state index contributed by atoms with van der Waals surface area (Å²) in [6.45, 7) is -0.365. The Labute approximate surface area is 103 Å². The zero-order valence-electron chi connectivity index (χ0n) is 8.79. The SMILES string of the molecule is NC(=S)N/N=C\c1ccc(OCC(=O)O)cc1. The molecule has 0 amide bonds. The average molecular weight is 253 g/mol. The van der Waals surface area contributed by atoms with Crippen LogP contribution in [0.5, 0.6) is 5.75 Å². The molecule has 17 heavy (non-hydrogen) atoms. The number of nitrogens with zero attached hydrogens (tertiary/aromatic N) is 1. The number of carbonyl (C=O) groups is 1. The molecule has 0 radical (unpaired) electrons. The van der Waals surface area contributed by atoms with Crippen molar-refractivity contribution in [2.24, 2.45) is 10.8 Å². The second-order valence-electron chi connectivity index (χ2n) is 2.99. The normalized spacial score (nSPS) is 10.1. The van der Waals surface area contributed by atoms with E-state index < -0.39 is 5.97 Å². The number of nitrogens with one attached hydrogen (secondary N) is 1. The van der Waals surface area contributed by atoms with Gasteiger partial charge in [0.1, 0.15) is 5.75 Å². The van der Waals surface area contributed by atoms with Gasteiger partial charge in [-0.25, -0.2) is 4.79 Å². The quantitative estimate of drug-likeness (QED) is 0.397. The lowest BCUT2D eigenvalue weighted by Crippen LogP contribution is -2.23. The van der Waals surface area contributed by atoms with Crippen molar-refractivity contribution in [3.63, 3.8) is 0 Å². The molecule has 0 atom stereocenters. The fraction of sp³-hybridized carbons (Fsp3) is 0.100. The molecule has 6 nitrogen and oxygen atoms in total. The lowest BCUT2D eigenvalue weighted by molar-refractivity contribution is -0.139. The highest BCUT2D eigenvalue weighted by Crippen LogP contribution is 2.10. The van der Waals surface area contributed by atoms with Gasteiger partial charge in [-0.05, 0) is 42.0 Å². The summed E-state index contributed by atoms with van der Waals surface area (Å²) in [7, 11) is 0. The van der Waals surface area contributed by atoms with Crippen LogP contribution in [0.25, 0.3) is 0 Å². The average Bonchev–Trinajstić information content (AvgIpc) is 2.27. The van der Waals surface area contributed by atoms with Crippen LogP contribution in [0.3, 0.4) is 0 Å². The number of ether oxygens (including phenoxy) is 1. The van der Waals surface area contributed by atoms with Crippen LogP contribution in [0.4, 0.5) is 0 Å². The van der Waals surface area contributed by atoms with E-state index in [1.807, 2.05) is 0 Å². The van der Waals surface area contributed by atoms with Gasteiger partial charge in [0.25, 0.3) is 0 Å². The van der Waals surface area contributed by atoms with Crippen molar-refractivity contribution in [2.75, 3.05) is 6.61 Å². The highest BCUT2D eigenvalue weighted by atomic mass is 32.1. The lowest BCUT2D eigenvalue weighted by Gasteiger charge is -2.02. The van der Waals surface area contributed by atoms with E-state index in [2.05, 4.69) is 22.7 Å². The van der Waals surface area contributed by atoms with Crippen LogP contribution in [-0.4, -0.2) is 29.0 Å². The number of hydrazone groups is 1. The number of thiocarbonyl (C=S) groups is 1. The van der Waals surface area contributed by atoms with Gasteiger partial charge in [0.05, 0.1) is 6.21 Å². The smallest absolute Gasteiger partial charge is 0.341 e. The fourth-order valence-corrected chi connectivity index (χ4v) is 1.02. The van der Waals surface area contributed by atoms with Crippen LogP contribution in [0.2, 0.25) is 0 Å². The second-order valence-corrected chi connectivity index (χ2v) is 3.43. The maximum atomic E-state index is 10.3. The van der Waals surface area contributed by atoms with E-state index >= 15 is 0 Å². The van der Waals surface area contributed by atoms with Crippen LogP contribution < -0.4 is 15.9 Å². The number of aliphatic carboxylic acids is 1. The van der Waals surface area contributed by atoms with Gasteiger partial charge < -0.3 is 15.6 Å². The molecule has 1 aromatic rings. The molecule has 1 aromatic carbocycles. The molecular weight excluding hydrogens is 242 g/mol. The molecule has 0 spiro atoms. The zero-order chi connectivity index (χ0) is 12.7. The van der Waals surface area contributed by atoms with Gasteiger partial charge in [-0.2, -0.15) is 5.10 Å². The largest absolute Gasteiger partial charge is 0.482 e. The zero-order valence-corrected chi connectivity index (χ0v) is 9.61. The number of carboxylic acid groups (broad SMARTS) is 1. The molecule has 0 saturated heterocycles. The van der Waals surface area contributed by atoms with Gasteiger partial charge in [0, 0.05) is 0 Å². The molecule has 0 aliphatic carbocycles. The number of hydrogen-bond donors (Lipinski definition) is 3. The van der Waals surface area contributed by atoms with E-state index in [0.717, 1.165) is 5.56 Å². The van der Waals surface area contributed by atoms with E-state index in [-0.39, 0.29) is 11.7 Å². The topological polar surface area (TPSA) is 96.9 Å². The molecule has 0 aliphatic heterocycles. The fourth-order valence-electron chi connectivity index (χ4n) is 0.966. The number of nitrogens with two attached hydrogens (primary N) is 1. The maximum absolute atomic E-state index is 10.3. The van der Waals surface area contributed by atoms with E-state index in [1.165, 1.54) is 6.21 Å². The number of benzene rings is 1. The predicted octanol–water partition coefficient (Wildman–Crippen LogP) is 0.317. The number of carboxylic acids is 1. The van der Waals surface area contributed by atoms with Gasteiger partial charge in [0.2, 0.25) is 0 Å². The third kappa shape index (κ3) is 5.47. The summed E-state index contributed by atoms with van der Waals surface area (Å²) in [5.74, 6) is -0.539. The van der Waals surface area contributed by atoms with Crippen LogP contribution in [-0.2, 0) is 4.79 Å². The molecule has 0 aromatic heterocycles. The molecular formula is C10H11N3O3S. The number of hydrogen-bond acceptors (Lipinski definition) is 4. The summed E-state index contributed by atoms with van der Waals surface area (Å²) < 4.78 is 4.96. The minimum absolute atomic E-state index is 0.0858. The summed E-state index contributed by atoms with van der Waals surface area (Å²) in [5, 5.41) is 12.3. The summed E-state index contributed by atoms with van der Waals surface area (Å²) in [5.41, 5.74) is 8.40. The summed E-state index contributed by atoms with van der Waals surface area (Å²) in [6, 6.07) is 6.74. The van der Waals surface area contributed by atoms with Crippen molar-refractivity contribution < 1.29 is 14.6 Å². The Morgan fingerprint density at radius 1 is 1.53 bits per heavy atom. The van der Waals surface area contributed by atoms with Gasteiger partial charge in [-0.15, -0.1) is 0 Å². The standard InChI is InChI=1S/C10H11N3O3S/c11-10(17)13-12-5-7-1-3-8(4-2-7)16-6-9(14)15/h1-5H,6H2,(H,14,15)(H3,11,13,17)/b12-5-. The van der Waals surface area contributed by atoms with Crippen molar-refractivity contribution >= 4 is 29.5 Å². The van der Waals surface area contributed by atoms with Gasteiger partial charge in [-0.3, -0.25) is 5.43 Å². The molecule has 1 rings (SSSR count). The van der Waals surface area contributed by atoms with Crippen LogP contribution in [0.15, 0.2) is 29.4 Å². The van der Waals surface area contributed by atoms with Crippen molar-refractivity contribution in [2.45, 2.75) is 0 Å². The molecule has 0 heterocycles. The lowest BCUT2D eigenvalue weighted by atomic mass is 10.2. The molecule has 4 N–H and O–H groups in total. The maximum Gasteiger partial charge on any atom is 0.341 e. The molecule has 0 bridgehead atoms. The van der Waals surface area contributed by atoms with Crippen LogP contribution in [0, 0.1) is 0 Å². The highest BCUT2D eigenvalue weighted by Gasteiger charge is 1.98. The minimum atomic E-state index is -1.02. The van der Waals surface area contributed by atoms with Crippen molar-refractivity contribution in [1.29, 1.82) is 0 Å². The highest BCUT2D eigenvalue weighted by molar-refractivity contribution is 7.80. The minimum Gasteiger partial charge on any atom is -0.482 e. The van der Waals surface area contributed by atoms with E-state index in [9.17, 15) is 4.79 Å². The second kappa shape index (κ2) is 6.44. The third-order valence-electron chi connectivity index (χ3n) is 1.63. The Morgan fingerprint density at radius 3 is 2.71 bits per heavy atom. The third-order valence-corrected chi connectivity index (χ3v) is 1.72. The van der Waals surface area contributed by atoms with Crippen molar-refractivity contribution in [3.8, 4) is 5.75 Å². The molecule has 0 fully saturated rings. The Morgan fingerprint density at radius 2 is 2.18 bits per heavy atom. The van der Waals surface area contributed by atoms with Gasteiger partial charge >= 0.3 is 5.97 Å². The first kappa shape index (κ1) is 12.9. The summed E-state index contributed by atoms with van der Waals surface area (Å²) >= 11 is 4.57. The molecule has 0 unspecified atom stereocenters. The molecule has 0 aliphatic rings. The van der Waals surface area contributed by atoms with E-state index in [1.54, 1.807) is 24.3 Å². The summed E-state index contributed by atoms with van der Waals surface area (Å²) in [4.78, 5) is 10.3. The Bertz CT molecular complexity index is 431. The number of rotatable bonds is 5. The Balaban J connectivity index is 2.52. The van der Waals surface area contributed by atoms with E-state index in [4.69, 9.17) is 15.6 Å². The first-order chi connectivity index (χ1) is 8.08. The Kier molecular flexibility index (Phi) is 4.89. The summed E-state index contributed by atoms with van der Waals surface area (Å²) in [6.07, 6.45) is 1.53. The van der Waals surface area contributed by atoms with Gasteiger partial charge in [0.15, 0.2) is 11.7 Å². The van der Waals surface area contributed by atoms with Crippen molar-refractivity contribution in [3.05, 3.63) is 29.8 Å². The Hall–Kier alpha value is -2.15. The molecule has 90 valence electrons. The monoisotopic (exact) mass is 253 g/mol. The molecule has 7 heteroatoms.